The van der Waals surface area contributed by atoms with Crippen LogP contribution >= 0.6 is 0 Å². The van der Waals surface area contributed by atoms with Crippen molar-refractivity contribution in [3.8, 4) is 6.07 Å². The number of aromatic nitrogens is 1. The summed E-state index contributed by atoms with van der Waals surface area (Å²) >= 11 is 0. The van der Waals surface area contributed by atoms with Gasteiger partial charge in [0.05, 0.1) is 23.1 Å². The summed E-state index contributed by atoms with van der Waals surface area (Å²) in [5.41, 5.74) is 2.41. The van der Waals surface area contributed by atoms with E-state index >= 15 is 0 Å². The molecule has 1 aromatic carbocycles. The molecule has 0 saturated heterocycles. The molecule has 0 aliphatic carbocycles. The van der Waals surface area contributed by atoms with Crippen molar-refractivity contribution < 1.29 is 8.42 Å². The van der Waals surface area contributed by atoms with Gasteiger partial charge in [-0.05, 0) is 36.2 Å². The molecule has 6 heteroatoms. The minimum Gasteiger partial charge on any atom is -0.283 e. The normalized spacial score (nSPS) is 10.8. The SMILES string of the molecule is Cc1cnccc1NS(=O)(=O)Cc1ccc(C#N)cc1. The maximum atomic E-state index is 12.1. The van der Waals surface area contributed by atoms with Crippen LogP contribution in [-0.2, 0) is 15.8 Å². The third-order valence-corrected chi connectivity index (χ3v) is 3.97. The van der Waals surface area contributed by atoms with Crippen LogP contribution in [0.25, 0.3) is 0 Å². The van der Waals surface area contributed by atoms with Gasteiger partial charge < -0.3 is 0 Å². The molecule has 1 N–H and O–H groups in total. The first kappa shape index (κ1) is 14.0. The smallest absolute Gasteiger partial charge is 0.236 e. The number of hydrogen-bond acceptors (Lipinski definition) is 4. The van der Waals surface area contributed by atoms with Crippen molar-refractivity contribution in [2.75, 3.05) is 4.72 Å². The van der Waals surface area contributed by atoms with Gasteiger partial charge in [-0.2, -0.15) is 5.26 Å². The molecule has 0 radical (unpaired) electrons. The van der Waals surface area contributed by atoms with Crippen LogP contribution in [-0.4, -0.2) is 13.4 Å². The number of nitrogens with one attached hydrogen (secondary N) is 1. The summed E-state index contributed by atoms with van der Waals surface area (Å²) in [6, 6.07) is 10.1. The number of hydrogen-bond donors (Lipinski definition) is 1. The number of nitriles is 1. The van der Waals surface area contributed by atoms with Crippen LogP contribution in [0.5, 0.6) is 0 Å². The molecule has 0 spiro atoms. The molecular formula is C14H13N3O2S. The second-order valence-electron chi connectivity index (χ2n) is 4.36. The van der Waals surface area contributed by atoms with Crippen LogP contribution in [0.3, 0.4) is 0 Å². The zero-order chi connectivity index (χ0) is 14.6. The van der Waals surface area contributed by atoms with E-state index in [1.807, 2.05) is 6.07 Å². The van der Waals surface area contributed by atoms with Crippen molar-refractivity contribution in [3.63, 3.8) is 0 Å². The molecule has 0 bridgehead atoms. The summed E-state index contributed by atoms with van der Waals surface area (Å²) in [6.45, 7) is 1.78. The zero-order valence-electron chi connectivity index (χ0n) is 10.9. The van der Waals surface area contributed by atoms with Crippen LogP contribution < -0.4 is 4.72 Å². The van der Waals surface area contributed by atoms with Crippen LogP contribution in [0.2, 0.25) is 0 Å². The molecule has 102 valence electrons. The van der Waals surface area contributed by atoms with Gasteiger partial charge in [-0.15, -0.1) is 0 Å². The Bertz CT molecular complexity index is 747. The van der Waals surface area contributed by atoms with E-state index in [4.69, 9.17) is 5.26 Å². The van der Waals surface area contributed by atoms with E-state index in [0.29, 0.717) is 16.8 Å². The van der Waals surface area contributed by atoms with Gasteiger partial charge in [-0.25, -0.2) is 8.42 Å². The standard InChI is InChI=1S/C14H13N3O2S/c1-11-9-16-7-6-14(11)17-20(18,19)10-13-4-2-12(8-15)3-5-13/h2-7,9H,10H2,1H3,(H,16,17). The lowest BCUT2D eigenvalue weighted by atomic mass is 10.2. The Morgan fingerprint density at radius 2 is 1.95 bits per heavy atom. The summed E-state index contributed by atoms with van der Waals surface area (Å²) in [6.07, 6.45) is 3.13. The topological polar surface area (TPSA) is 82.8 Å². The highest BCUT2D eigenvalue weighted by Crippen LogP contribution is 2.16. The minimum atomic E-state index is -3.49. The van der Waals surface area contributed by atoms with E-state index in [1.54, 1.807) is 43.5 Å². The summed E-state index contributed by atoms with van der Waals surface area (Å²) < 4.78 is 26.7. The van der Waals surface area contributed by atoms with Crippen molar-refractivity contribution in [1.29, 1.82) is 5.26 Å². The predicted molar refractivity (Wildman–Crippen MR) is 76.4 cm³/mol. The Morgan fingerprint density at radius 3 is 2.55 bits per heavy atom. The molecule has 0 atom stereocenters. The number of sulfonamides is 1. The molecule has 0 aliphatic heterocycles. The van der Waals surface area contributed by atoms with Gasteiger partial charge in [0.1, 0.15) is 0 Å². The number of rotatable bonds is 4. The molecule has 2 rings (SSSR count). The van der Waals surface area contributed by atoms with Crippen LogP contribution in [0.15, 0.2) is 42.7 Å². The number of benzene rings is 1. The van der Waals surface area contributed by atoms with E-state index in [2.05, 4.69) is 9.71 Å². The maximum absolute atomic E-state index is 12.1. The summed E-state index contributed by atoms with van der Waals surface area (Å²) in [5.74, 6) is -0.138. The zero-order valence-corrected chi connectivity index (χ0v) is 11.7. The molecular weight excluding hydrogens is 274 g/mol. The Kier molecular flexibility index (Phi) is 4.01. The predicted octanol–water partition coefficient (Wildman–Crippen LogP) is 2.20. The fraction of sp³-hybridized carbons (Fsp3) is 0.143. The summed E-state index contributed by atoms with van der Waals surface area (Å²) in [4.78, 5) is 3.91. The molecule has 1 aromatic heterocycles. The van der Waals surface area contributed by atoms with Crippen LogP contribution in [0.4, 0.5) is 5.69 Å². The van der Waals surface area contributed by atoms with Crippen molar-refractivity contribution in [3.05, 3.63) is 59.4 Å². The quantitative estimate of drug-likeness (QED) is 0.934. The van der Waals surface area contributed by atoms with E-state index in [0.717, 1.165) is 5.56 Å². The van der Waals surface area contributed by atoms with Gasteiger partial charge in [0.25, 0.3) is 0 Å². The lowest BCUT2D eigenvalue weighted by Crippen LogP contribution is -2.15. The molecule has 1 heterocycles. The van der Waals surface area contributed by atoms with E-state index < -0.39 is 10.0 Å². The second-order valence-corrected chi connectivity index (χ2v) is 6.08. The second kappa shape index (κ2) is 5.72. The van der Waals surface area contributed by atoms with Crippen molar-refractivity contribution in [1.82, 2.24) is 4.98 Å². The van der Waals surface area contributed by atoms with Crippen molar-refractivity contribution in [2.45, 2.75) is 12.7 Å². The van der Waals surface area contributed by atoms with Gasteiger partial charge in [-0.1, -0.05) is 12.1 Å². The van der Waals surface area contributed by atoms with Gasteiger partial charge in [-0.3, -0.25) is 9.71 Å². The largest absolute Gasteiger partial charge is 0.283 e. The third kappa shape index (κ3) is 3.56. The molecule has 20 heavy (non-hydrogen) atoms. The van der Waals surface area contributed by atoms with E-state index in [1.165, 1.54) is 6.20 Å². The van der Waals surface area contributed by atoms with E-state index in [9.17, 15) is 8.42 Å². The molecule has 0 aliphatic rings. The van der Waals surface area contributed by atoms with Gasteiger partial charge in [0.2, 0.25) is 10.0 Å². The first-order chi connectivity index (χ1) is 9.50. The van der Waals surface area contributed by atoms with Crippen LogP contribution in [0, 0.1) is 18.3 Å². The first-order valence-corrected chi connectivity index (χ1v) is 7.55. The molecule has 5 nitrogen and oxygen atoms in total. The Morgan fingerprint density at radius 1 is 1.25 bits per heavy atom. The van der Waals surface area contributed by atoms with Gasteiger partial charge in [0.15, 0.2) is 0 Å². The lowest BCUT2D eigenvalue weighted by Gasteiger charge is -2.10. The highest BCUT2D eigenvalue weighted by molar-refractivity contribution is 7.91. The number of aryl methyl sites for hydroxylation is 1. The first-order valence-electron chi connectivity index (χ1n) is 5.90. The fourth-order valence-electron chi connectivity index (χ4n) is 1.69. The highest BCUT2D eigenvalue weighted by atomic mass is 32.2. The maximum Gasteiger partial charge on any atom is 0.236 e. The molecule has 0 unspecified atom stereocenters. The number of pyridine rings is 1. The fourth-order valence-corrected chi connectivity index (χ4v) is 2.95. The summed E-state index contributed by atoms with van der Waals surface area (Å²) in [5, 5.41) is 8.70. The lowest BCUT2D eigenvalue weighted by molar-refractivity contribution is 0.600. The average Bonchev–Trinajstić information content (AvgIpc) is 2.41. The molecule has 2 aromatic rings. The Labute approximate surface area is 118 Å². The Hall–Kier alpha value is -2.39. The third-order valence-electron chi connectivity index (χ3n) is 2.73. The summed E-state index contributed by atoms with van der Waals surface area (Å²) in [7, 11) is -3.49. The van der Waals surface area contributed by atoms with Gasteiger partial charge >= 0.3 is 0 Å². The number of anilines is 1. The van der Waals surface area contributed by atoms with Crippen LogP contribution in [0.1, 0.15) is 16.7 Å². The number of nitrogens with zero attached hydrogens (tertiary/aromatic N) is 2. The molecule has 0 fully saturated rings. The minimum absolute atomic E-state index is 0.138. The van der Waals surface area contributed by atoms with E-state index in [-0.39, 0.29) is 5.75 Å². The van der Waals surface area contributed by atoms with Gasteiger partial charge in [0, 0.05) is 12.4 Å². The average molecular weight is 287 g/mol. The Balaban J connectivity index is 2.15. The van der Waals surface area contributed by atoms with Crippen molar-refractivity contribution in [2.24, 2.45) is 0 Å². The highest BCUT2D eigenvalue weighted by Gasteiger charge is 2.13. The monoisotopic (exact) mass is 287 g/mol. The molecule has 0 saturated carbocycles. The van der Waals surface area contributed by atoms with Crippen molar-refractivity contribution >= 4 is 15.7 Å². The molecule has 0 amide bonds.